The Hall–Kier alpha value is -0.910. The number of carbonyl (C=O) groups is 1. The molecule has 0 radical (unpaired) electrons. The summed E-state index contributed by atoms with van der Waals surface area (Å²) in [6, 6.07) is -0.0740. The minimum absolute atomic E-state index is 0.0740. The second-order valence-electron chi connectivity index (χ2n) is 4.33. The summed E-state index contributed by atoms with van der Waals surface area (Å²) in [6.07, 6.45) is 4.64. The van der Waals surface area contributed by atoms with E-state index in [4.69, 9.17) is 5.73 Å². The SMILES string of the molecule is CCC(CO)(CO)NC(=O)C1C=CC(N)C1. The van der Waals surface area contributed by atoms with Crippen LogP contribution in [-0.4, -0.2) is 40.9 Å². The summed E-state index contributed by atoms with van der Waals surface area (Å²) in [7, 11) is 0. The first-order chi connectivity index (χ1) is 7.56. The molecule has 5 heteroatoms. The lowest BCUT2D eigenvalue weighted by Crippen LogP contribution is -2.55. The monoisotopic (exact) mass is 228 g/mol. The Morgan fingerprint density at radius 3 is 2.50 bits per heavy atom. The molecular weight excluding hydrogens is 208 g/mol. The van der Waals surface area contributed by atoms with Crippen LogP contribution in [0.5, 0.6) is 0 Å². The molecule has 0 heterocycles. The zero-order chi connectivity index (χ0) is 12.2. The maximum absolute atomic E-state index is 11.8. The van der Waals surface area contributed by atoms with Crippen molar-refractivity contribution in [2.45, 2.75) is 31.3 Å². The van der Waals surface area contributed by atoms with Gasteiger partial charge in [0, 0.05) is 6.04 Å². The molecule has 2 unspecified atom stereocenters. The highest BCUT2D eigenvalue weighted by molar-refractivity contribution is 5.81. The molecule has 5 nitrogen and oxygen atoms in total. The summed E-state index contributed by atoms with van der Waals surface area (Å²) < 4.78 is 0. The van der Waals surface area contributed by atoms with E-state index in [1.54, 1.807) is 12.2 Å². The number of aliphatic hydroxyl groups is 2. The molecule has 2 atom stereocenters. The molecule has 0 fully saturated rings. The molecule has 0 aromatic carbocycles. The second kappa shape index (κ2) is 5.43. The maximum Gasteiger partial charge on any atom is 0.227 e. The summed E-state index contributed by atoms with van der Waals surface area (Å²) in [5, 5.41) is 21.1. The summed E-state index contributed by atoms with van der Waals surface area (Å²) in [4.78, 5) is 11.8. The molecular formula is C11H20N2O3. The first kappa shape index (κ1) is 13.2. The fraction of sp³-hybridized carbons (Fsp3) is 0.727. The smallest absolute Gasteiger partial charge is 0.227 e. The van der Waals surface area contributed by atoms with Gasteiger partial charge >= 0.3 is 0 Å². The quantitative estimate of drug-likeness (QED) is 0.460. The second-order valence-corrected chi connectivity index (χ2v) is 4.33. The number of carbonyl (C=O) groups excluding carboxylic acids is 1. The molecule has 0 saturated carbocycles. The van der Waals surface area contributed by atoms with Crippen LogP contribution < -0.4 is 11.1 Å². The van der Waals surface area contributed by atoms with Gasteiger partial charge < -0.3 is 21.3 Å². The van der Waals surface area contributed by atoms with Gasteiger partial charge in [0.25, 0.3) is 0 Å². The van der Waals surface area contributed by atoms with Crippen LogP contribution in [0.25, 0.3) is 0 Å². The summed E-state index contributed by atoms with van der Waals surface area (Å²) in [5.74, 6) is -0.437. The summed E-state index contributed by atoms with van der Waals surface area (Å²) in [5.41, 5.74) is 4.74. The predicted octanol–water partition coefficient (Wildman–Crippen LogP) is -0.861. The highest BCUT2D eigenvalue weighted by atomic mass is 16.3. The molecule has 1 amide bonds. The van der Waals surface area contributed by atoms with Crippen LogP contribution >= 0.6 is 0 Å². The highest BCUT2D eigenvalue weighted by Crippen LogP contribution is 2.18. The van der Waals surface area contributed by atoms with E-state index in [9.17, 15) is 15.0 Å². The Kier molecular flexibility index (Phi) is 4.46. The lowest BCUT2D eigenvalue weighted by molar-refractivity contribution is -0.127. The molecule has 0 bridgehead atoms. The largest absolute Gasteiger partial charge is 0.394 e. The van der Waals surface area contributed by atoms with Gasteiger partial charge in [0.15, 0.2) is 0 Å². The Labute approximate surface area is 95.3 Å². The van der Waals surface area contributed by atoms with Crippen molar-refractivity contribution in [2.75, 3.05) is 13.2 Å². The molecule has 1 rings (SSSR count). The van der Waals surface area contributed by atoms with Gasteiger partial charge in [-0.15, -0.1) is 0 Å². The topological polar surface area (TPSA) is 95.6 Å². The van der Waals surface area contributed by atoms with Crippen molar-refractivity contribution in [3.05, 3.63) is 12.2 Å². The molecule has 5 N–H and O–H groups in total. The van der Waals surface area contributed by atoms with Gasteiger partial charge in [0.2, 0.25) is 5.91 Å². The standard InChI is InChI=1S/C11H20N2O3/c1-2-11(6-14,7-15)13-10(16)8-3-4-9(12)5-8/h3-4,8-9,14-15H,2,5-7,12H2,1H3,(H,13,16). The van der Waals surface area contributed by atoms with Gasteiger partial charge in [-0.1, -0.05) is 19.1 Å². The van der Waals surface area contributed by atoms with Crippen LogP contribution in [0.2, 0.25) is 0 Å². The van der Waals surface area contributed by atoms with Crippen molar-refractivity contribution >= 4 is 5.91 Å². The third kappa shape index (κ3) is 2.81. The number of aliphatic hydroxyl groups excluding tert-OH is 2. The van der Waals surface area contributed by atoms with Crippen molar-refractivity contribution in [1.82, 2.24) is 5.32 Å². The van der Waals surface area contributed by atoms with Crippen LogP contribution in [0.1, 0.15) is 19.8 Å². The normalized spacial score (nSPS) is 24.8. The van der Waals surface area contributed by atoms with Crippen LogP contribution in [-0.2, 0) is 4.79 Å². The molecule has 0 saturated heterocycles. The predicted molar refractivity (Wildman–Crippen MR) is 60.6 cm³/mol. The average Bonchev–Trinajstić information content (AvgIpc) is 2.73. The molecule has 1 aliphatic carbocycles. The first-order valence-electron chi connectivity index (χ1n) is 5.54. The zero-order valence-corrected chi connectivity index (χ0v) is 9.52. The van der Waals surface area contributed by atoms with E-state index in [1.165, 1.54) is 0 Å². The number of nitrogens with one attached hydrogen (secondary N) is 1. The third-order valence-corrected chi connectivity index (χ3v) is 3.12. The van der Waals surface area contributed by atoms with Gasteiger partial charge in [0.05, 0.1) is 24.7 Å². The average molecular weight is 228 g/mol. The third-order valence-electron chi connectivity index (χ3n) is 3.12. The molecule has 0 aromatic rings. The minimum Gasteiger partial charge on any atom is -0.394 e. The van der Waals surface area contributed by atoms with Gasteiger partial charge in [-0.3, -0.25) is 4.79 Å². The van der Waals surface area contributed by atoms with E-state index in [0.717, 1.165) is 0 Å². The molecule has 92 valence electrons. The Morgan fingerprint density at radius 1 is 1.50 bits per heavy atom. The molecule has 1 aliphatic rings. The van der Waals surface area contributed by atoms with Crippen molar-refractivity contribution in [3.8, 4) is 0 Å². The Bertz CT molecular complexity index is 266. The van der Waals surface area contributed by atoms with E-state index < -0.39 is 5.54 Å². The number of hydrogen-bond acceptors (Lipinski definition) is 4. The van der Waals surface area contributed by atoms with Crippen LogP contribution in [0.15, 0.2) is 12.2 Å². The van der Waals surface area contributed by atoms with Crippen molar-refractivity contribution in [3.63, 3.8) is 0 Å². The number of nitrogens with two attached hydrogens (primary N) is 1. The van der Waals surface area contributed by atoms with E-state index in [1.807, 2.05) is 6.92 Å². The van der Waals surface area contributed by atoms with Crippen LogP contribution in [0.4, 0.5) is 0 Å². The molecule has 0 aromatic heterocycles. The van der Waals surface area contributed by atoms with E-state index in [-0.39, 0.29) is 31.1 Å². The van der Waals surface area contributed by atoms with Crippen molar-refractivity contribution in [2.24, 2.45) is 11.7 Å². The highest BCUT2D eigenvalue weighted by Gasteiger charge is 2.32. The van der Waals surface area contributed by atoms with Gasteiger partial charge in [0.1, 0.15) is 0 Å². The molecule has 0 aliphatic heterocycles. The maximum atomic E-state index is 11.8. The van der Waals surface area contributed by atoms with E-state index in [2.05, 4.69) is 5.32 Å². The summed E-state index contributed by atoms with van der Waals surface area (Å²) >= 11 is 0. The lowest BCUT2D eigenvalue weighted by Gasteiger charge is -2.30. The lowest BCUT2D eigenvalue weighted by atomic mass is 9.96. The van der Waals surface area contributed by atoms with E-state index in [0.29, 0.717) is 12.8 Å². The Balaban J connectivity index is 2.59. The zero-order valence-electron chi connectivity index (χ0n) is 9.52. The summed E-state index contributed by atoms with van der Waals surface area (Å²) in [6.45, 7) is 1.27. The van der Waals surface area contributed by atoms with Gasteiger partial charge in [-0.2, -0.15) is 0 Å². The molecule has 16 heavy (non-hydrogen) atoms. The van der Waals surface area contributed by atoms with Crippen molar-refractivity contribution < 1.29 is 15.0 Å². The van der Waals surface area contributed by atoms with Crippen LogP contribution in [0.3, 0.4) is 0 Å². The minimum atomic E-state index is -0.919. The first-order valence-corrected chi connectivity index (χ1v) is 5.54. The number of hydrogen-bond donors (Lipinski definition) is 4. The Morgan fingerprint density at radius 2 is 2.12 bits per heavy atom. The molecule has 0 spiro atoms. The fourth-order valence-electron chi connectivity index (χ4n) is 1.72. The fourth-order valence-corrected chi connectivity index (χ4v) is 1.72. The van der Waals surface area contributed by atoms with Crippen molar-refractivity contribution in [1.29, 1.82) is 0 Å². The van der Waals surface area contributed by atoms with Gasteiger partial charge in [-0.25, -0.2) is 0 Å². The van der Waals surface area contributed by atoms with Gasteiger partial charge in [-0.05, 0) is 12.8 Å². The number of amides is 1. The van der Waals surface area contributed by atoms with Crippen LogP contribution in [0, 0.1) is 5.92 Å². The number of rotatable bonds is 5. The van der Waals surface area contributed by atoms with E-state index >= 15 is 0 Å².